The van der Waals surface area contributed by atoms with Gasteiger partial charge in [0.25, 0.3) is 5.91 Å². The summed E-state index contributed by atoms with van der Waals surface area (Å²) in [6, 6.07) is 10.9. The van der Waals surface area contributed by atoms with E-state index < -0.39 is 5.91 Å². The second kappa shape index (κ2) is 9.99. The van der Waals surface area contributed by atoms with E-state index in [-0.39, 0.29) is 11.7 Å². The number of hydrogen-bond donors (Lipinski definition) is 1. The Kier molecular flexibility index (Phi) is 7.69. The molecule has 2 rings (SSSR count). The van der Waals surface area contributed by atoms with E-state index in [0.29, 0.717) is 27.8 Å². The second-order valence-electron chi connectivity index (χ2n) is 6.79. The van der Waals surface area contributed by atoms with E-state index in [9.17, 15) is 10.1 Å². The molecule has 0 saturated carbocycles. The number of hydrogen-bond acceptors (Lipinski definition) is 4. The normalized spacial score (nSPS) is 12.1. The first kappa shape index (κ1) is 22.3. The van der Waals surface area contributed by atoms with Crippen LogP contribution in [0.1, 0.15) is 37.0 Å². The van der Waals surface area contributed by atoms with E-state index >= 15 is 0 Å². The molecule has 0 aliphatic rings. The van der Waals surface area contributed by atoms with Crippen molar-refractivity contribution in [2.24, 2.45) is 0 Å². The van der Waals surface area contributed by atoms with Crippen LogP contribution in [-0.2, 0) is 4.79 Å². The predicted molar refractivity (Wildman–Crippen MR) is 117 cm³/mol. The van der Waals surface area contributed by atoms with E-state index in [0.717, 1.165) is 17.5 Å². The van der Waals surface area contributed by atoms with Crippen molar-refractivity contribution >= 4 is 29.3 Å². The summed E-state index contributed by atoms with van der Waals surface area (Å²) in [5.74, 6) is 0.389. The summed E-state index contributed by atoms with van der Waals surface area (Å²) >= 11 is 6.36. The number of benzene rings is 2. The number of nitrogens with one attached hydrogen (secondary N) is 1. The van der Waals surface area contributed by atoms with Crippen LogP contribution in [0, 0.1) is 25.2 Å². The Morgan fingerprint density at radius 3 is 2.59 bits per heavy atom. The van der Waals surface area contributed by atoms with Gasteiger partial charge in [0.1, 0.15) is 11.6 Å². The quantitative estimate of drug-likeness (QED) is 0.468. The zero-order valence-corrected chi connectivity index (χ0v) is 18.1. The molecule has 2 aromatic rings. The van der Waals surface area contributed by atoms with Gasteiger partial charge in [-0.15, -0.1) is 0 Å². The average molecular weight is 413 g/mol. The highest BCUT2D eigenvalue weighted by molar-refractivity contribution is 6.32. The highest BCUT2D eigenvalue weighted by Gasteiger charge is 2.16. The molecule has 1 unspecified atom stereocenters. The minimum atomic E-state index is -0.495. The number of rotatable bonds is 7. The lowest BCUT2D eigenvalue weighted by molar-refractivity contribution is -0.112. The molecule has 0 spiro atoms. The Morgan fingerprint density at radius 2 is 2.00 bits per heavy atom. The van der Waals surface area contributed by atoms with Crippen LogP contribution >= 0.6 is 11.6 Å². The van der Waals surface area contributed by atoms with E-state index in [4.69, 9.17) is 21.1 Å². The summed E-state index contributed by atoms with van der Waals surface area (Å²) in [6.45, 7) is 7.90. The highest BCUT2D eigenvalue weighted by Crippen LogP contribution is 2.38. The number of amides is 1. The zero-order chi connectivity index (χ0) is 21.6. The van der Waals surface area contributed by atoms with Crippen molar-refractivity contribution in [3.63, 3.8) is 0 Å². The summed E-state index contributed by atoms with van der Waals surface area (Å²) in [5.41, 5.74) is 3.33. The molecule has 0 radical (unpaired) electrons. The first-order valence-corrected chi connectivity index (χ1v) is 9.71. The lowest BCUT2D eigenvalue weighted by Crippen LogP contribution is -2.13. The van der Waals surface area contributed by atoms with Crippen LogP contribution in [0.3, 0.4) is 0 Å². The van der Waals surface area contributed by atoms with Crippen molar-refractivity contribution in [1.29, 1.82) is 5.26 Å². The number of methoxy groups -OCH3 is 1. The van der Waals surface area contributed by atoms with E-state index in [1.807, 2.05) is 45.9 Å². The second-order valence-corrected chi connectivity index (χ2v) is 7.20. The fourth-order valence-electron chi connectivity index (χ4n) is 2.55. The standard InChI is InChI=1S/C23H25ClN2O3/c1-6-16(4)29-22-20(24)11-17(12-21(22)28-5)10-18(13-25)23(27)26-19-8-7-14(2)15(3)9-19/h7-12,16H,6H2,1-5H3,(H,26,27). The van der Waals surface area contributed by atoms with Crippen molar-refractivity contribution in [2.45, 2.75) is 40.2 Å². The van der Waals surface area contributed by atoms with E-state index in [2.05, 4.69) is 5.32 Å². The molecule has 1 amide bonds. The average Bonchev–Trinajstić information content (AvgIpc) is 2.70. The topological polar surface area (TPSA) is 71.3 Å². The first-order chi connectivity index (χ1) is 13.8. The van der Waals surface area contributed by atoms with Crippen LogP contribution in [0.4, 0.5) is 5.69 Å². The summed E-state index contributed by atoms with van der Waals surface area (Å²) in [5, 5.41) is 12.6. The molecule has 0 aliphatic carbocycles. The molecule has 6 heteroatoms. The maximum Gasteiger partial charge on any atom is 0.266 e. The van der Waals surface area contributed by atoms with Crippen molar-refractivity contribution in [1.82, 2.24) is 0 Å². The van der Waals surface area contributed by atoms with Gasteiger partial charge < -0.3 is 14.8 Å². The lowest BCUT2D eigenvalue weighted by atomic mass is 10.1. The van der Waals surface area contributed by atoms with Crippen LogP contribution in [0.5, 0.6) is 11.5 Å². The summed E-state index contributed by atoms with van der Waals surface area (Å²) in [7, 11) is 1.51. The molecular weight excluding hydrogens is 388 g/mol. The van der Waals surface area contributed by atoms with Gasteiger partial charge >= 0.3 is 0 Å². The van der Waals surface area contributed by atoms with Gasteiger partial charge in [0.05, 0.1) is 18.2 Å². The predicted octanol–water partition coefficient (Wildman–Crippen LogP) is 5.69. The maximum absolute atomic E-state index is 12.5. The summed E-state index contributed by atoms with van der Waals surface area (Å²) in [4.78, 5) is 12.5. The fraction of sp³-hybridized carbons (Fsp3) is 0.304. The molecular formula is C23H25ClN2O3. The lowest BCUT2D eigenvalue weighted by Gasteiger charge is -2.17. The number of ether oxygens (including phenoxy) is 2. The van der Waals surface area contributed by atoms with E-state index in [1.165, 1.54) is 13.2 Å². The number of carbonyl (C=O) groups excluding carboxylic acids is 1. The van der Waals surface area contributed by atoms with Gasteiger partial charge in [0.15, 0.2) is 11.5 Å². The highest BCUT2D eigenvalue weighted by atomic mass is 35.5. The molecule has 0 aliphatic heterocycles. The Balaban J connectivity index is 2.31. The Morgan fingerprint density at radius 1 is 1.28 bits per heavy atom. The Labute approximate surface area is 176 Å². The Bertz CT molecular complexity index is 977. The fourth-order valence-corrected chi connectivity index (χ4v) is 2.82. The number of aryl methyl sites for hydroxylation is 2. The van der Waals surface area contributed by atoms with Crippen LogP contribution < -0.4 is 14.8 Å². The van der Waals surface area contributed by atoms with Crippen LogP contribution in [0.25, 0.3) is 6.08 Å². The number of anilines is 1. The third kappa shape index (κ3) is 5.75. The van der Waals surface area contributed by atoms with Gasteiger partial charge in [-0.3, -0.25) is 4.79 Å². The summed E-state index contributed by atoms with van der Waals surface area (Å²) < 4.78 is 11.2. The van der Waals surface area contributed by atoms with Crippen LogP contribution in [0.2, 0.25) is 5.02 Å². The van der Waals surface area contributed by atoms with Gasteiger partial charge in [-0.2, -0.15) is 5.26 Å². The summed E-state index contributed by atoms with van der Waals surface area (Å²) in [6.07, 6.45) is 2.26. The van der Waals surface area contributed by atoms with Gasteiger partial charge in [-0.1, -0.05) is 24.6 Å². The van der Waals surface area contributed by atoms with Gasteiger partial charge in [0, 0.05) is 5.69 Å². The molecule has 0 bridgehead atoms. The Hall–Kier alpha value is -2.97. The van der Waals surface area contributed by atoms with Crippen molar-refractivity contribution < 1.29 is 14.3 Å². The molecule has 0 aromatic heterocycles. The molecule has 2 aromatic carbocycles. The maximum atomic E-state index is 12.5. The van der Waals surface area contributed by atoms with Gasteiger partial charge in [0.2, 0.25) is 0 Å². The molecule has 152 valence electrons. The minimum absolute atomic E-state index is 0.0267. The molecule has 1 N–H and O–H groups in total. The largest absolute Gasteiger partial charge is 0.493 e. The minimum Gasteiger partial charge on any atom is -0.493 e. The molecule has 0 heterocycles. The molecule has 5 nitrogen and oxygen atoms in total. The van der Waals surface area contributed by atoms with Crippen molar-refractivity contribution in [2.75, 3.05) is 12.4 Å². The van der Waals surface area contributed by atoms with Gasteiger partial charge in [-0.25, -0.2) is 0 Å². The number of halogens is 1. The molecule has 1 atom stereocenters. The van der Waals surface area contributed by atoms with E-state index in [1.54, 1.807) is 18.2 Å². The zero-order valence-electron chi connectivity index (χ0n) is 17.3. The third-order valence-corrected chi connectivity index (χ3v) is 4.87. The number of carbonyl (C=O) groups is 1. The molecule has 0 saturated heterocycles. The third-order valence-electron chi connectivity index (χ3n) is 4.59. The monoisotopic (exact) mass is 412 g/mol. The van der Waals surface area contributed by atoms with Crippen molar-refractivity contribution in [3.05, 3.63) is 57.6 Å². The van der Waals surface area contributed by atoms with Crippen LogP contribution in [0.15, 0.2) is 35.9 Å². The number of nitrogens with zero attached hydrogens (tertiary/aromatic N) is 1. The number of nitriles is 1. The first-order valence-electron chi connectivity index (χ1n) is 9.33. The van der Waals surface area contributed by atoms with Crippen molar-refractivity contribution in [3.8, 4) is 17.6 Å². The van der Waals surface area contributed by atoms with Crippen LogP contribution in [-0.4, -0.2) is 19.1 Å². The SMILES string of the molecule is CCC(C)Oc1c(Cl)cc(C=C(C#N)C(=O)Nc2ccc(C)c(C)c2)cc1OC. The smallest absolute Gasteiger partial charge is 0.266 e. The molecule has 29 heavy (non-hydrogen) atoms. The molecule has 0 fully saturated rings. The van der Waals surface area contributed by atoms with Gasteiger partial charge in [-0.05, 0) is 74.2 Å².